The van der Waals surface area contributed by atoms with E-state index in [2.05, 4.69) is 10.6 Å². The van der Waals surface area contributed by atoms with Crippen LogP contribution in [0.4, 0.5) is 0 Å². The van der Waals surface area contributed by atoms with Gasteiger partial charge in [-0.15, -0.1) is 0 Å². The summed E-state index contributed by atoms with van der Waals surface area (Å²) in [7, 11) is -0.838. The van der Waals surface area contributed by atoms with E-state index in [9.17, 15) is 13.2 Å². The number of benzene rings is 2. The second kappa shape index (κ2) is 10.1. The molecule has 9 heteroatoms. The van der Waals surface area contributed by atoms with Crippen molar-refractivity contribution < 1.29 is 22.7 Å². The van der Waals surface area contributed by atoms with Gasteiger partial charge < -0.3 is 20.1 Å². The zero-order valence-electron chi connectivity index (χ0n) is 18.0. The lowest BCUT2D eigenvalue weighted by Gasteiger charge is -2.32. The molecule has 1 heterocycles. The van der Waals surface area contributed by atoms with Crippen LogP contribution in [-0.2, 0) is 14.8 Å². The van der Waals surface area contributed by atoms with Crippen LogP contribution in [0.2, 0.25) is 0 Å². The van der Waals surface area contributed by atoms with Crippen molar-refractivity contribution in [2.45, 2.75) is 23.8 Å². The van der Waals surface area contributed by atoms with E-state index in [4.69, 9.17) is 9.47 Å². The van der Waals surface area contributed by atoms with E-state index in [0.717, 1.165) is 5.56 Å². The van der Waals surface area contributed by atoms with E-state index < -0.39 is 16.1 Å². The highest BCUT2D eigenvalue weighted by atomic mass is 32.2. The Balaban J connectivity index is 1.66. The van der Waals surface area contributed by atoms with Crippen molar-refractivity contribution in [1.82, 2.24) is 14.9 Å². The van der Waals surface area contributed by atoms with Crippen molar-refractivity contribution in [2.24, 2.45) is 0 Å². The molecule has 8 nitrogen and oxygen atoms in total. The van der Waals surface area contributed by atoms with E-state index in [1.807, 2.05) is 37.3 Å². The minimum absolute atomic E-state index is 0.0578. The van der Waals surface area contributed by atoms with E-state index in [1.54, 1.807) is 6.07 Å². The van der Waals surface area contributed by atoms with E-state index in [1.165, 1.54) is 30.7 Å². The molecule has 0 aliphatic carbocycles. The maximum atomic E-state index is 13.1. The molecule has 2 unspecified atom stereocenters. The van der Waals surface area contributed by atoms with Gasteiger partial charge in [-0.3, -0.25) is 4.79 Å². The third-order valence-electron chi connectivity index (χ3n) is 5.40. The van der Waals surface area contributed by atoms with Crippen LogP contribution in [0.5, 0.6) is 11.5 Å². The Morgan fingerprint density at radius 2 is 1.87 bits per heavy atom. The largest absolute Gasteiger partial charge is 0.493 e. The van der Waals surface area contributed by atoms with Gasteiger partial charge in [-0.2, -0.15) is 4.31 Å². The first kappa shape index (κ1) is 23.1. The highest BCUT2D eigenvalue weighted by Crippen LogP contribution is 2.30. The maximum absolute atomic E-state index is 13.1. The predicted molar refractivity (Wildman–Crippen MR) is 118 cm³/mol. The smallest absolute Gasteiger partial charge is 0.243 e. The van der Waals surface area contributed by atoms with Crippen molar-refractivity contribution >= 4 is 15.9 Å². The Morgan fingerprint density at radius 1 is 1.16 bits per heavy atom. The number of ether oxygens (including phenoxy) is 2. The molecule has 2 N–H and O–H groups in total. The molecule has 1 aliphatic heterocycles. The summed E-state index contributed by atoms with van der Waals surface area (Å²) in [6.07, 6.45) is 0. The number of piperazine rings is 1. The third-order valence-corrected chi connectivity index (χ3v) is 7.26. The molecule has 168 valence electrons. The minimum Gasteiger partial charge on any atom is -0.493 e. The van der Waals surface area contributed by atoms with Crippen LogP contribution in [-0.4, -0.2) is 65.1 Å². The molecule has 1 fully saturated rings. The maximum Gasteiger partial charge on any atom is 0.243 e. The number of hydrogen-bond donors (Lipinski definition) is 2. The highest BCUT2D eigenvalue weighted by molar-refractivity contribution is 7.89. The number of carbonyl (C=O) groups excluding carboxylic acids is 1. The molecule has 0 saturated carbocycles. The van der Waals surface area contributed by atoms with Gasteiger partial charge in [0.25, 0.3) is 0 Å². The molecule has 0 bridgehead atoms. The number of rotatable bonds is 8. The topological polar surface area (TPSA) is 97.0 Å². The molecule has 0 radical (unpaired) electrons. The van der Waals surface area contributed by atoms with Crippen molar-refractivity contribution in [1.29, 1.82) is 0 Å². The normalized spacial score (nSPS) is 18.2. The van der Waals surface area contributed by atoms with Crippen LogP contribution in [0.15, 0.2) is 53.4 Å². The van der Waals surface area contributed by atoms with Crippen LogP contribution < -0.4 is 20.1 Å². The molecule has 2 aromatic rings. The Bertz CT molecular complexity index is 997. The summed E-state index contributed by atoms with van der Waals surface area (Å²) >= 11 is 0. The Kier molecular flexibility index (Phi) is 7.53. The first-order valence-corrected chi connectivity index (χ1v) is 11.6. The van der Waals surface area contributed by atoms with Gasteiger partial charge in [0, 0.05) is 32.2 Å². The van der Waals surface area contributed by atoms with Gasteiger partial charge >= 0.3 is 0 Å². The average molecular weight is 448 g/mol. The summed E-state index contributed by atoms with van der Waals surface area (Å²) in [5.41, 5.74) is 1.14. The van der Waals surface area contributed by atoms with Gasteiger partial charge in [0.1, 0.15) is 6.04 Å². The lowest BCUT2D eigenvalue weighted by Crippen LogP contribution is -2.58. The average Bonchev–Trinajstić information content (AvgIpc) is 2.82. The van der Waals surface area contributed by atoms with Crippen molar-refractivity contribution in [3.05, 3.63) is 54.1 Å². The van der Waals surface area contributed by atoms with Crippen molar-refractivity contribution in [3.8, 4) is 11.5 Å². The van der Waals surface area contributed by atoms with Gasteiger partial charge in [0.15, 0.2) is 11.5 Å². The standard InChI is InChI=1S/C22H29N3O5S/c1-16(17-7-5-4-6-8-17)14-24-22(26)19-15-25(12-11-23-19)31(27,28)18-9-10-20(29-2)21(13-18)30-3/h4-10,13,16,19,23H,11-12,14-15H2,1-3H3,(H,24,26). The Morgan fingerprint density at radius 3 is 2.55 bits per heavy atom. The number of amides is 1. The molecule has 1 aliphatic rings. The molecule has 0 aromatic heterocycles. The number of hydrogen-bond acceptors (Lipinski definition) is 6. The van der Waals surface area contributed by atoms with E-state index in [0.29, 0.717) is 24.6 Å². The van der Waals surface area contributed by atoms with Gasteiger partial charge in [0.2, 0.25) is 15.9 Å². The molecule has 1 amide bonds. The number of carbonyl (C=O) groups is 1. The second-order valence-corrected chi connectivity index (χ2v) is 9.38. The fraction of sp³-hybridized carbons (Fsp3) is 0.409. The molecule has 1 saturated heterocycles. The summed E-state index contributed by atoms with van der Waals surface area (Å²) in [5, 5.41) is 6.05. The van der Waals surface area contributed by atoms with E-state index >= 15 is 0 Å². The summed E-state index contributed by atoms with van der Waals surface area (Å²) in [4.78, 5) is 12.8. The molecular weight excluding hydrogens is 418 g/mol. The Labute approximate surface area is 183 Å². The first-order chi connectivity index (χ1) is 14.9. The lowest BCUT2D eigenvalue weighted by atomic mass is 10.0. The van der Waals surface area contributed by atoms with Crippen LogP contribution in [0, 0.1) is 0 Å². The van der Waals surface area contributed by atoms with Crippen LogP contribution in [0.1, 0.15) is 18.4 Å². The molecule has 2 aromatic carbocycles. The predicted octanol–water partition coefficient (Wildman–Crippen LogP) is 1.59. The molecule has 0 spiro atoms. The molecule has 2 atom stereocenters. The van der Waals surface area contributed by atoms with Crippen LogP contribution in [0.25, 0.3) is 0 Å². The summed E-state index contributed by atoms with van der Waals surface area (Å²) < 4.78 is 38.0. The highest BCUT2D eigenvalue weighted by Gasteiger charge is 2.33. The van der Waals surface area contributed by atoms with Gasteiger partial charge in [-0.05, 0) is 23.6 Å². The first-order valence-electron chi connectivity index (χ1n) is 10.1. The van der Waals surface area contributed by atoms with Crippen LogP contribution >= 0.6 is 0 Å². The van der Waals surface area contributed by atoms with Crippen molar-refractivity contribution in [3.63, 3.8) is 0 Å². The number of nitrogens with zero attached hydrogens (tertiary/aromatic N) is 1. The third kappa shape index (κ3) is 5.36. The minimum atomic E-state index is -3.78. The molecular formula is C22H29N3O5S. The molecule has 31 heavy (non-hydrogen) atoms. The quantitative estimate of drug-likeness (QED) is 0.638. The zero-order chi connectivity index (χ0) is 22.4. The van der Waals surface area contributed by atoms with Crippen molar-refractivity contribution in [2.75, 3.05) is 40.4 Å². The second-order valence-electron chi connectivity index (χ2n) is 7.44. The monoisotopic (exact) mass is 447 g/mol. The molecule has 3 rings (SSSR count). The fourth-order valence-corrected chi connectivity index (χ4v) is 4.99. The lowest BCUT2D eigenvalue weighted by molar-refractivity contribution is -0.123. The van der Waals surface area contributed by atoms with Gasteiger partial charge in [-0.25, -0.2) is 8.42 Å². The fourth-order valence-electron chi connectivity index (χ4n) is 3.52. The summed E-state index contributed by atoms with van der Waals surface area (Å²) in [5.74, 6) is 0.727. The number of methoxy groups -OCH3 is 2. The number of sulfonamides is 1. The van der Waals surface area contributed by atoms with E-state index in [-0.39, 0.29) is 29.8 Å². The summed E-state index contributed by atoms with van der Waals surface area (Å²) in [6, 6.07) is 13.8. The Hall–Kier alpha value is -2.62. The van der Waals surface area contributed by atoms with Gasteiger partial charge in [-0.1, -0.05) is 37.3 Å². The summed E-state index contributed by atoms with van der Waals surface area (Å²) in [6.45, 7) is 3.24. The number of nitrogens with one attached hydrogen (secondary N) is 2. The van der Waals surface area contributed by atoms with Crippen LogP contribution in [0.3, 0.4) is 0 Å². The zero-order valence-corrected chi connectivity index (χ0v) is 18.8. The SMILES string of the molecule is COc1ccc(S(=O)(=O)N2CCNC(C(=O)NCC(C)c3ccccc3)C2)cc1OC. The van der Waals surface area contributed by atoms with Gasteiger partial charge in [0.05, 0.1) is 19.1 Å².